The van der Waals surface area contributed by atoms with Gasteiger partial charge in [0.15, 0.2) is 0 Å². The zero-order valence-electron chi connectivity index (χ0n) is 10.6. The standard InChI is InChI=1S/C12H12Cl2N2O3/c1-6(15-2)10(12(18)19-3)11(17)7-4-8(13)16-9(14)5-7/h4-5,17H,1-3H3/b11-10-,15-6?. The number of rotatable bonds is 3. The van der Waals surface area contributed by atoms with Crippen LogP contribution in [0.3, 0.4) is 0 Å². The van der Waals surface area contributed by atoms with Crippen molar-refractivity contribution in [2.75, 3.05) is 14.2 Å². The Hall–Kier alpha value is -1.59. The molecule has 0 aliphatic heterocycles. The molecule has 0 aliphatic rings. The first-order valence-electron chi connectivity index (χ1n) is 5.19. The molecule has 1 N–H and O–H groups in total. The Bertz CT molecular complexity index is 548. The molecule has 5 nitrogen and oxygen atoms in total. The maximum absolute atomic E-state index is 11.7. The van der Waals surface area contributed by atoms with Gasteiger partial charge in [0.2, 0.25) is 0 Å². The van der Waals surface area contributed by atoms with Crippen LogP contribution in [0.15, 0.2) is 22.7 Å². The molecule has 0 aliphatic carbocycles. The molecule has 1 aromatic heterocycles. The maximum atomic E-state index is 11.7. The monoisotopic (exact) mass is 302 g/mol. The van der Waals surface area contributed by atoms with Crippen molar-refractivity contribution < 1.29 is 14.6 Å². The van der Waals surface area contributed by atoms with Gasteiger partial charge in [-0.3, -0.25) is 4.99 Å². The van der Waals surface area contributed by atoms with Gasteiger partial charge in [-0.2, -0.15) is 0 Å². The van der Waals surface area contributed by atoms with Crippen LogP contribution in [-0.4, -0.2) is 35.9 Å². The highest BCUT2D eigenvalue weighted by Crippen LogP contribution is 2.23. The molecule has 0 saturated carbocycles. The Morgan fingerprint density at radius 3 is 2.32 bits per heavy atom. The summed E-state index contributed by atoms with van der Waals surface area (Å²) >= 11 is 11.5. The highest BCUT2D eigenvalue weighted by Gasteiger charge is 2.20. The lowest BCUT2D eigenvalue weighted by molar-refractivity contribution is -0.135. The lowest BCUT2D eigenvalue weighted by atomic mass is 10.1. The minimum atomic E-state index is -0.704. The number of carbonyl (C=O) groups excluding carboxylic acids is 1. The van der Waals surface area contributed by atoms with Crippen molar-refractivity contribution in [3.05, 3.63) is 33.6 Å². The summed E-state index contributed by atoms with van der Waals surface area (Å²) in [6, 6.07) is 2.77. The van der Waals surface area contributed by atoms with Gasteiger partial charge in [0.25, 0.3) is 0 Å². The van der Waals surface area contributed by atoms with Gasteiger partial charge in [-0.1, -0.05) is 23.2 Å². The van der Waals surface area contributed by atoms with Gasteiger partial charge in [0.1, 0.15) is 21.6 Å². The Morgan fingerprint density at radius 1 is 1.37 bits per heavy atom. The molecule has 7 heteroatoms. The van der Waals surface area contributed by atoms with Gasteiger partial charge in [-0.05, 0) is 19.1 Å². The highest BCUT2D eigenvalue weighted by molar-refractivity contribution is 6.33. The third-order valence-electron chi connectivity index (χ3n) is 2.36. The summed E-state index contributed by atoms with van der Waals surface area (Å²) in [5.41, 5.74) is 0.533. The van der Waals surface area contributed by atoms with E-state index in [0.717, 1.165) is 0 Å². The van der Waals surface area contributed by atoms with Crippen LogP contribution in [-0.2, 0) is 9.53 Å². The third kappa shape index (κ3) is 3.68. The summed E-state index contributed by atoms with van der Waals surface area (Å²) < 4.78 is 4.62. The Morgan fingerprint density at radius 2 is 1.89 bits per heavy atom. The largest absolute Gasteiger partial charge is 0.506 e. The number of aliphatic imine (C=N–C) groups is 1. The molecule has 1 heterocycles. The smallest absolute Gasteiger partial charge is 0.343 e. The zero-order chi connectivity index (χ0) is 14.6. The number of halogens is 2. The fourth-order valence-corrected chi connectivity index (χ4v) is 1.84. The van der Waals surface area contributed by atoms with E-state index >= 15 is 0 Å². The lowest BCUT2D eigenvalue weighted by Gasteiger charge is -2.09. The molecule has 0 atom stereocenters. The fraction of sp³-hybridized carbons (Fsp3) is 0.250. The van der Waals surface area contributed by atoms with Gasteiger partial charge in [-0.15, -0.1) is 0 Å². The third-order valence-corrected chi connectivity index (χ3v) is 2.75. The molecule has 0 bridgehead atoms. The van der Waals surface area contributed by atoms with Gasteiger partial charge >= 0.3 is 5.97 Å². The molecular formula is C12H12Cl2N2O3. The van der Waals surface area contributed by atoms with E-state index in [1.807, 2.05) is 0 Å². The average molecular weight is 303 g/mol. The first-order chi connectivity index (χ1) is 8.90. The molecule has 0 aromatic carbocycles. The van der Waals surface area contributed by atoms with Crippen molar-refractivity contribution in [3.63, 3.8) is 0 Å². The SMILES string of the molecule is CN=C(C)/C(C(=O)OC)=C(/O)c1cc(Cl)nc(Cl)c1. The molecule has 1 aromatic rings. The quantitative estimate of drug-likeness (QED) is 0.306. The summed E-state index contributed by atoms with van der Waals surface area (Å²) in [6.45, 7) is 1.58. The van der Waals surface area contributed by atoms with Crippen LogP contribution in [0.5, 0.6) is 0 Å². The van der Waals surface area contributed by atoms with Crippen molar-refractivity contribution in [2.24, 2.45) is 4.99 Å². The van der Waals surface area contributed by atoms with Crippen LogP contribution in [0.25, 0.3) is 5.76 Å². The first kappa shape index (κ1) is 15.5. The lowest BCUT2D eigenvalue weighted by Crippen LogP contribution is -2.14. The van der Waals surface area contributed by atoms with Crippen molar-refractivity contribution in [3.8, 4) is 0 Å². The number of aliphatic hydroxyl groups excluding tert-OH is 1. The molecule has 0 radical (unpaired) electrons. The predicted molar refractivity (Wildman–Crippen MR) is 74.9 cm³/mol. The van der Waals surface area contributed by atoms with Crippen LogP contribution in [0.2, 0.25) is 10.3 Å². The molecule has 0 fully saturated rings. The summed E-state index contributed by atoms with van der Waals surface area (Å²) in [7, 11) is 2.71. The average Bonchev–Trinajstić information content (AvgIpc) is 2.37. The minimum absolute atomic E-state index is 0.0525. The van der Waals surface area contributed by atoms with Gasteiger partial charge in [0, 0.05) is 18.3 Å². The molecule has 0 amide bonds. The zero-order valence-corrected chi connectivity index (χ0v) is 12.1. The van der Waals surface area contributed by atoms with E-state index in [0.29, 0.717) is 5.71 Å². The van der Waals surface area contributed by atoms with Gasteiger partial charge in [-0.25, -0.2) is 9.78 Å². The van der Waals surface area contributed by atoms with E-state index in [1.165, 1.54) is 26.3 Å². The molecule has 0 unspecified atom stereocenters. The van der Waals surface area contributed by atoms with Crippen LogP contribution < -0.4 is 0 Å². The summed E-state index contributed by atoms with van der Waals surface area (Å²) in [5, 5.41) is 10.4. The van der Waals surface area contributed by atoms with E-state index in [2.05, 4.69) is 14.7 Å². The number of hydrogen-bond acceptors (Lipinski definition) is 5. The van der Waals surface area contributed by atoms with Crippen LogP contribution in [0, 0.1) is 0 Å². The van der Waals surface area contributed by atoms with E-state index < -0.39 is 5.97 Å². The summed E-state index contributed by atoms with van der Waals surface area (Å²) in [5.74, 6) is -1.02. The fourth-order valence-electron chi connectivity index (χ4n) is 1.38. The molecular weight excluding hydrogens is 291 g/mol. The summed E-state index contributed by atoms with van der Waals surface area (Å²) in [4.78, 5) is 19.3. The number of aliphatic hydroxyl groups is 1. The molecule has 0 spiro atoms. The second kappa shape index (κ2) is 6.54. The Labute approximate surface area is 120 Å². The normalized spacial score (nSPS) is 13.0. The Kier molecular flexibility index (Phi) is 5.32. The predicted octanol–water partition coefficient (Wildman–Crippen LogP) is 2.92. The van der Waals surface area contributed by atoms with Crippen molar-refractivity contribution in [1.82, 2.24) is 4.98 Å². The number of carbonyl (C=O) groups is 1. The number of methoxy groups -OCH3 is 1. The molecule has 0 saturated heterocycles. The molecule has 102 valence electrons. The second-order valence-electron chi connectivity index (χ2n) is 3.53. The molecule has 1 rings (SSSR count). The van der Waals surface area contributed by atoms with Crippen LogP contribution in [0.1, 0.15) is 12.5 Å². The number of ether oxygens (including phenoxy) is 1. The highest BCUT2D eigenvalue weighted by atomic mass is 35.5. The van der Waals surface area contributed by atoms with Crippen molar-refractivity contribution in [2.45, 2.75) is 6.92 Å². The first-order valence-corrected chi connectivity index (χ1v) is 5.95. The van der Waals surface area contributed by atoms with Gasteiger partial charge < -0.3 is 9.84 Å². The van der Waals surface area contributed by atoms with Crippen LogP contribution >= 0.6 is 23.2 Å². The number of pyridine rings is 1. The van der Waals surface area contributed by atoms with Crippen molar-refractivity contribution >= 4 is 40.6 Å². The van der Waals surface area contributed by atoms with E-state index in [1.54, 1.807) is 6.92 Å². The maximum Gasteiger partial charge on any atom is 0.343 e. The summed E-state index contributed by atoms with van der Waals surface area (Å²) in [6.07, 6.45) is 0. The van der Waals surface area contributed by atoms with E-state index in [-0.39, 0.29) is 27.2 Å². The number of nitrogens with zero attached hydrogens (tertiary/aromatic N) is 2. The number of aromatic nitrogens is 1. The minimum Gasteiger partial charge on any atom is -0.506 e. The topological polar surface area (TPSA) is 71.8 Å². The van der Waals surface area contributed by atoms with Crippen LogP contribution in [0.4, 0.5) is 0 Å². The second-order valence-corrected chi connectivity index (χ2v) is 4.30. The van der Waals surface area contributed by atoms with E-state index in [4.69, 9.17) is 23.2 Å². The Balaban J connectivity index is 3.48. The number of esters is 1. The number of hydrogen-bond donors (Lipinski definition) is 1. The van der Waals surface area contributed by atoms with Gasteiger partial charge in [0.05, 0.1) is 7.11 Å². The molecule has 19 heavy (non-hydrogen) atoms. The van der Waals surface area contributed by atoms with Crippen molar-refractivity contribution in [1.29, 1.82) is 0 Å². The van der Waals surface area contributed by atoms with E-state index in [9.17, 15) is 9.90 Å².